The van der Waals surface area contributed by atoms with Gasteiger partial charge in [0.2, 0.25) is 0 Å². The molecule has 0 heterocycles. The van der Waals surface area contributed by atoms with E-state index in [-0.39, 0.29) is 11.7 Å². The molecule has 0 unspecified atom stereocenters. The molecule has 8 heteroatoms. The second-order valence-electron chi connectivity index (χ2n) is 8.75. The zero-order chi connectivity index (χ0) is 28.3. The molecule has 204 valence electrons. The first-order valence-corrected chi connectivity index (χ1v) is 12.7. The summed E-state index contributed by atoms with van der Waals surface area (Å²) >= 11 is 0. The van der Waals surface area contributed by atoms with Crippen LogP contribution in [0.4, 0.5) is 0 Å². The van der Waals surface area contributed by atoms with E-state index in [9.17, 15) is 9.59 Å². The molecule has 0 saturated carbocycles. The number of esters is 1. The SMILES string of the molecule is CCOc1ccc(C(=O)Oc2ccc(C=NNC(=O)c3ccc(OCc4ccc(C)cc4)cc3)cc2OC)cc1. The molecule has 0 aliphatic rings. The van der Waals surface area contributed by atoms with Gasteiger partial charge in [0, 0.05) is 5.56 Å². The highest BCUT2D eigenvalue weighted by molar-refractivity contribution is 5.95. The van der Waals surface area contributed by atoms with Crippen molar-refractivity contribution < 1.29 is 28.5 Å². The highest BCUT2D eigenvalue weighted by Crippen LogP contribution is 2.28. The van der Waals surface area contributed by atoms with Gasteiger partial charge in [-0.2, -0.15) is 5.10 Å². The van der Waals surface area contributed by atoms with Crippen molar-refractivity contribution in [2.45, 2.75) is 20.5 Å². The van der Waals surface area contributed by atoms with Crippen LogP contribution in [0.1, 0.15) is 44.3 Å². The third kappa shape index (κ3) is 7.70. The number of hydrazone groups is 1. The summed E-state index contributed by atoms with van der Waals surface area (Å²) < 4.78 is 22.1. The molecule has 0 fully saturated rings. The van der Waals surface area contributed by atoms with E-state index in [0.717, 1.165) is 5.56 Å². The van der Waals surface area contributed by atoms with E-state index < -0.39 is 5.97 Å². The lowest BCUT2D eigenvalue weighted by Crippen LogP contribution is -2.17. The molecule has 40 heavy (non-hydrogen) atoms. The number of carbonyl (C=O) groups excluding carboxylic acids is 2. The van der Waals surface area contributed by atoms with Gasteiger partial charge in [-0.3, -0.25) is 4.79 Å². The Morgan fingerprint density at radius 2 is 1.45 bits per heavy atom. The first kappa shape index (κ1) is 27.9. The number of hydrogen-bond acceptors (Lipinski definition) is 7. The number of nitrogens with one attached hydrogen (secondary N) is 1. The number of carbonyl (C=O) groups is 2. The summed E-state index contributed by atoms with van der Waals surface area (Å²) in [5.41, 5.74) is 6.22. The molecule has 0 bridgehead atoms. The maximum atomic E-state index is 12.6. The van der Waals surface area contributed by atoms with Crippen molar-refractivity contribution in [3.8, 4) is 23.0 Å². The van der Waals surface area contributed by atoms with Crippen LogP contribution < -0.4 is 24.4 Å². The van der Waals surface area contributed by atoms with Crippen LogP contribution in [0.5, 0.6) is 23.0 Å². The van der Waals surface area contributed by atoms with Crippen LogP contribution in [0, 0.1) is 6.92 Å². The second kappa shape index (κ2) is 13.6. The van der Waals surface area contributed by atoms with Gasteiger partial charge in [0.05, 0.1) is 25.5 Å². The molecule has 1 amide bonds. The van der Waals surface area contributed by atoms with Crippen LogP contribution in [0.3, 0.4) is 0 Å². The maximum absolute atomic E-state index is 12.6. The van der Waals surface area contributed by atoms with E-state index >= 15 is 0 Å². The van der Waals surface area contributed by atoms with E-state index in [1.165, 1.54) is 18.9 Å². The van der Waals surface area contributed by atoms with Crippen LogP contribution in [0.25, 0.3) is 0 Å². The van der Waals surface area contributed by atoms with Crippen molar-refractivity contribution in [2.24, 2.45) is 5.10 Å². The van der Waals surface area contributed by atoms with Gasteiger partial charge in [-0.25, -0.2) is 10.2 Å². The lowest BCUT2D eigenvalue weighted by atomic mass is 10.2. The smallest absolute Gasteiger partial charge is 0.343 e. The number of amides is 1. The summed E-state index contributed by atoms with van der Waals surface area (Å²) in [6.07, 6.45) is 1.47. The molecule has 0 saturated heterocycles. The summed E-state index contributed by atoms with van der Waals surface area (Å²) in [7, 11) is 1.47. The summed E-state index contributed by atoms with van der Waals surface area (Å²) in [5, 5.41) is 4.03. The molecule has 0 atom stereocenters. The van der Waals surface area contributed by atoms with Gasteiger partial charge in [-0.05, 0) is 91.7 Å². The van der Waals surface area contributed by atoms with Gasteiger partial charge in [-0.1, -0.05) is 29.8 Å². The lowest BCUT2D eigenvalue weighted by molar-refractivity contribution is 0.0729. The summed E-state index contributed by atoms with van der Waals surface area (Å²) in [5.74, 6) is 1.04. The zero-order valence-corrected chi connectivity index (χ0v) is 22.5. The van der Waals surface area contributed by atoms with E-state index in [2.05, 4.69) is 10.5 Å². The number of methoxy groups -OCH3 is 1. The largest absolute Gasteiger partial charge is 0.494 e. The van der Waals surface area contributed by atoms with Crippen molar-refractivity contribution in [3.63, 3.8) is 0 Å². The number of nitrogens with zero attached hydrogens (tertiary/aromatic N) is 1. The highest BCUT2D eigenvalue weighted by Gasteiger charge is 2.13. The number of aryl methyl sites for hydroxylation is 1. The fourth-order valence-corrected chi connectivity index (χ4v) is 3.64. The minimum atomic E-state index is -0.526. The van der Waals surface area contributed by atoms with Gasteiger partial charge in [0.15, 0.2) is 11.5 Å². The molecule has 0 aliphatic carbocycles. The van der Waals surface area contributed by atoms with E-state index in [4.69, 9.17) is 18.9 Å². The third-order valence-corrected chi connectivity index (χ3v) is 5.81. The molecular formula is C32H30N2O6. The first-order valence-electron chi connectivity index (χ1n) is 12.7. The number of benzene rings is 4. The minimum absolute atomic E-state index is 0.257. The Morgan fingerprint density at radius 1 is 0.800 bits per heavy atom. The van der Waals surface area contributed by atoms with Crippen molar-refractivity contribution in [2.75, 3.05) is 13.7 Å². The summed E-state index contributed by atoms with van der Waals surface area (Å²) in [6, 6.07) is 26.6. The van der Waals surface area contributed by atoms with Crippen molar-refractivity contribution >= 4 is 18.1 Å². The van der Waals surface area contributed by atoms with Crippen LogP contribution in [0.2, 0.25) is 0 Å². The Labute approximate surface area is 233 Å². The Bertz CT molecular complexity index is 1460. The minimum Gasteiger partial charge on any atom is -0.494 e. The fourth-order valence-electron chi connectivity index (χ4n) is 3.64. The van der Waals surface area contributed by atoms with Gasteiger partial charge in [-0.15, -0.1) is 0 Å². The van der Waals surface area contributed by atoms with Crippen LogP contribution in [-0.2, 0) is 6.61 Å². The van der Waals surface area contributed by atoms with Crippen LogP contribution in [0.15, 0.2) is 96.1 Å². The average molecular weight is 539 g/mol. The summed E-state index contributed by atoms with van der Waals surface area (Å²) in [4.78, 5) is 25.0. The van der Waals surface area contributed by atoms with E-state index in [1.54, 1.807) is 66.7 Å². The lowest BCUT2D eigenvalue weighted by Gasteiger charge is -2.10. The van der Waals surface area contributed by atoms with E-state index in [0.29, 0.717) is 47.2 Å². The quantitative estimate of drug-likeness (QED) is 0.110. The monoisotopic (exact) mass is 538 g/mol. The average Bonchev–Trinajstić information content (AvgIpc) is 2.98. The Morgan fingerprint density at radius 3 is 2.10 bits per heavy atom. The number of rotatable bonds is 11. The number of hydrogen-bond donors (Lipinski definition) is 1. The molecule has 0 aromatic heterocycles. The standard InChI is InChI=1S/C32H30N2O6/c1-4-38-27-16-12-26(13-17-27)32(36)40-29-18-9-24(19-30(29)37-3)20-33-34-31(35)25-10-14-28(15-11-25)39-21-23-7-5-22(2)6-8-23/h5-20H,4,21H2,1-3H3,(H,34,35). The molecule has 4 aromatic carbocycles. The van der Waals surface area contributed by atoms with Gasteiger partial charge in [0.1, 0.15) is 18.1 Å². The Hall–Kier alpha value is -5.11. The fraction of sp³-hybridized carbons (Fsp3) is 0.156. The topological polar surface area (TPSA) is 95.5 Å². The van der Waals surface area contributed by atoms with Gasteiger partial charge >= 0.3 is 5.97 Å². The van der Waals surface area contributed by atoms with E-state index in [1.807, 2.05) is 38.1 Å². The Balaban J connectivity index is 1.30. The van der Waals surface area contributed by atoms with Gasteiger partial charge < -0.3 is 18.9 Å². The van der Waals surface area contributed by atoms with Crippen LogP contribution >= 0.6 is 0 Å². The Kier molecular flexibility index (Phi) is 9.50. The third-order valence-electron chi connectivity index (χ3n) is 5.81. The molecule has 4 rings (SSSR count). The number of ether oxygens (including phenoxy) is 4. The normalized spacial score (nSPS) is 10.7. The molecule has 8 nitrogen and oxygen atoms in total. The maximum Gasteiger partial charge on any atom is 0.343 e. The van der Waals surface area contributed by atoms with Crippen LogP contribution in [-0.4, -0.2) is 31.8 Å². The molecule has 0 spiro atoms. The first-order chi connectivity index (χ1) is 19.4. The van der Waals surface area contributed by atoms with Crippen molar-refractivity contribution in [1.82, 2.24) is 5.43 Å². The predicted molar refractivity (Wildman–Crippen MR) is 153 cm³/mol. The zero-order valence-electron chi connectivity index (χ0n) is 22.5. The molecular weight excluding hydrogens is 508 g/mol. The van der Waals surface area contributed by atoms with Crippen molar-refractivity contribution in [1.29, 1.82) is 0 Å². The molecule has 0 radical (unpaired) electrons. The summed E-state index contributed by atoms with van der Waals surface area (Å²) in [6.45, 7) is 4.91. The molecule has 4 aromatic rings. The molecule has 0 aliphatic heterocycles. The van der Waals surface area contributed by atoms with Crippen molar-refractivity contribution in [3.05, 3.63) is 119 Å². The highest BCUT2D eigenvalue weighted by atomic mass is 16.6. The van der Waals surface area contributed by atoms with Gasteiger partial charge in [0.25, 0.3) is 5.91 Å². The molecule has 1 N–H and O–H groups in total. The second-order valence-corrected chi connectivity index (χ2v) is 8.75. The predicted octanol–water partition coefficient (Wildman–Crippen LogP) is 5.96.